The molecule has 3 aromatic rings. The molecule has 3 nitrogen and oxygen atoms in total. The second-order valence-electron chi connectivity index (χ2n) is 7.52. The van der Waals surface area contributed by atoms with Crippen molar-refractivity contribution in [1.29, 1.82) is 0 Å². The Morgan fingerprint density at radius 3 is 2.72 bits per heavy atom. The molecule has 2 N–H and O–H groups in total. The highest BCUT2D eigenvalue weighted by atomic mass is 19.1. The van der Waals surface area contributed by atoms with Gasteiger partial charge in [-0.25, -0.2) is 4.39 Å². The van der Waals surface area contributed by atoms with Crippen LogP contribution in [0.4, 0.5) is 15.8 Å². The maximum Gasteiger partial charge on any atom is 0.150 e. The number of pyridine rings is 1. The van der Waals surface area contributed by atoms with Crippen LogP contribution in [0.1, 0.15) is 31.5 Å². The first-order chi connectivity index (χ1) is 12.0. The van der Waals surface area contributed by atoms with Crippen molar-refractivity contribution < 1.29 is 4.39 Å². The third kappa shape index (κ3) is 3.04. The van der Waals surface area contributed by atoms with Crippen LogP contribution in [-0.2, 0) is 12.8 Å². The van der Waals surface area contributed by atoms with Crippen molar-refractivity contribution in [3.63, 3.8) is 0 Å². The van der Waals surface area contributed by atoms with E-state index in [0.29, 0.717) is 5.56 Å². The summed E-state index contributed by atoms with van der Waals surface area (Å²) in [6.45, 7) is 4.57. The van der Waals surface area contributed by atoms with Crippen LogP contribution in [0.15, 0.2) is 48.8 Å². The summed E-state index contributed by atoms with van der Waals surface area (Å²) < 4.78 is 14.4. The fraction of sp³-hybridized carbons (Fsp3) is 0.286. The van der Waals surface area contributed by atoms with E-state index in [1.165, 1.54) is 17.5 Å². The van der Waals surface area contributed by atoms with Crippen LogP contribution in [-0.4, -0.2) is 9.97 Å². The maximum atomic E-state index is 14.4. The van der Waals surface area contributed by atoms with Gasteiger partial charge in [-0.2, -0.15) is 0 Å². The van der Waals surface area contributed by atoms with Crippen molar-refractivity contribution in [3.05, 3.63) is 65.9 Å². The van der Waals surface area contributed by atoms with Crippen LogP contribution in [0, 0.1) is 11.2 Å². The Labute approximate surface area is 147 Å². The van der Waals surface area contributed by atoms with Crippen LogP contribution in [0.25, 0.3) is 11.3 Å². The number of hydrogen-bond acceptors (Lipinski definition) is 2. The standard InChI is InChI=1S/C21H22FN3/c1-21(2)10-8-16-18(12-21)25-19(15-9-11-23-13-17(15)22)20(16)24-14-6-4-3-5-7-14/h3-7,9,11,13,24-25H,8,10,12H2,1-2H3. The fourth-order valence-electron chi connectivity index (χ4n) is 3.63. The first-order valence-electron chi connectivity index (χ1n) is 8.69. The molecule has 0 radical (unpaired) electrons. The van der Waals surface area contributed by atoms with E-state index < -0.39 is 0 Å². The van der Waals surface area contributed by atoms with Crippen LogP contribution < -0.4 is 5.32 Å². The molecular weight excluding hydrogens is 313 g/mol. The average molecular weight is 335 g/mol. The minimum atomic E-state index is -0.309. The normalized spacial score (nSPS) is 15.6. The zero-order chi connectivity index (χ0) is 17.4. The van der Waals surface area contributed by atoms with Crippen molar-refractivity contribution in [2.75, 3.05) is 5.32 Å². The second kappa shape index (κ2) is 6.03. The number of para-hydroxylation sites is 1. The lowest BCUT2D eigenvalue weighted by atomic mass is 9.76. The van der Waals surface area contributed by atoms with Gasteiger partial charge >= 0.3 is 0 Å². The Morgan fingerprint density at radius 1 is 1.16 bits per heavy atom. The number of benzene rings is 1. The van der Waals surface area contributed by atoms with Crippen LogP contribution in [0.3, 0.4) is 0 Å². The summed E-state index contributed by atoms with van der Waals surface area (Å²) in [7, 11) is 0. The Morgan fingerprint density at radius 2 is 1.96 bits per heavy atom. The average Bonchev–Trinajstić information content (AvgIpc) is 2.92. The van der Waals surface area contributed by atoms with Gasteiger partial charge in [0.25, 0.3) is 0 Å². The predicted molar refractivity (Wildman–Crippen MR) is 99.5 cm³/mol. The minimum absolute atomic E-state index is 0.260. The third-order valence-electron chi connectivity index (χ3n) is 4.98. The summed E-state index contributed by atoms with van der Waals surface area (Å²) in [5.41, 5.74) is 6.10. The number of H-pyrrole nitrogens is 1. The number of anilines is 2. The van der Waals surface area contributed by atoms with Crippen molar-refractivity contribution in [2.45, 2.75) is 33.1 Å². The fourth-order valence-corrected chi connectivity index (χ4v) is 3.63. The molecule has 128 valence electrons. The van der Waals surface area contributed by atoms with Crippen molar-refractivity contribution >= 4 is 11.4 Å². The molecule has 0 unspecified atom stereocenters. The Bertz CT molecular complexity index is 897. The van der Waals surface area contributed by atoms with Crippen LogP contribution in [0.2, 0.25) is 0 Å². The van der Waals surface area contributed by atoms with Gasteiger partial charge in [-0.1, -0.05) is 32.0 Å². The molecule has 1 aromatic carbocycles. The van der Waals surface area contributed by atoms with Gasteiger partial charge in [-0.3, -0.25) is 4.98 Å². The first-order valence-corrected chi connectivity index (χ1v) is 8.69. The number of rotatable bonds is 3. The molecule has 4 heteroatoms. The van der Waals surface area contributed by atoms with Gasteiger partial charge in [0, 0.05) is 23.1 Å². The summed E-state index contributed by atoms with van der Waals surface area (Å²) in [6.07, 6.45) is 5.98. The van der Waals surface area contributed by atoms with Gasteiger partial charge in [0.2, 0.25) is 0 Å². The molecule has 1 aliphatic rings. The van der Waals surface area contributed by atoms with Gasteiger partial charge in [0.1, 0.15) is 0 Å². The number of aromatic amines is 1. The quantitative estimate of drug-likeness (QED) is 0.666. The minimum Gasteiger partial charge on any atom is -0.356 e. The smallest absolute Gasteiger partial charge is 0.150 e. The summed E-state index contributed by atoms with van der Waals surface area (Å²) >= 11 is 0. The van der Waals surface area contributed by atoms with Gasteiger partial charge in [-0.05, 0) is 48.4 Å². The van der Waals surface area contributed by atoms with E-state index in [-0.39, 0.29) is 11.2 Å². The number of nitrogens with one attached hydrogen (secondary N) is 2. The maximum absolute atomic E-state index is 14.4. The number of fused-ring (bicyclic) bond motifs is 1. The summed E-state index contributed by atoms with van der Waals surface area (Å²) in [6, 6.07) is 11.8. The van der Waals surface area contributed by atoms with Crippen molar-refractivity contribution in [3.8, 4) is 11.3 Å². The molecule has 4 rings (SSSR count). The molecule has 1 aliphatic carbocycles. The van der Waals surface area contributed by atoms with Crippen LogP contribution in [0.5, 0.6) is 0 Å². The lowest BCUT2D eigenvalue weighted by molar-refractivity contribution is 0.313. The van der Waals surface area contributed by atoms with E-state index >= 15 is 0 Å². The molecule has 25 heavy (non-hydrogen) atoms. The molecule has 0 spiro atoms. The van der Waals surface area contributed by atoms with Crippen molar-refractivity contribution in [2.24, 2.45) is 5.41 Å². The topological polar surface area (TPSA) is 40.7 Å². The van der Waals surface area contributed by atoms with Gasteiger partial charge in [-0.15, -0.1) is 0 Å². The largest absolute Gasteiger partial charge is 0.356 e. The first kappa shape index (κ1) is 15.9. The Hall–Kier alpha value is -2.62. The predicted octanol–water partition coefficient (Wildman–Crippen LogP) is 5.47. The molecule has 0 saturated heterocycles. The number of halogens is 1. The summed E-state index contributed by atoms with van der Waals surface area (Å²) in [5, 5.41) is 3.52. The molecule has 0 saturated carbocycles. The van der Waals surface area contributed by atoms with E-state index in [0.717, 1.165) is 36.3 Å². The SMILES string of the molecule is CC1(C)CCc2c([nH]c(-c3ccncc3F)c2Nc2ccccc2)C1. The molecular formula is C21H22FN3. The molecule has 0 aliphatic heterocycles. The second-order valence-corrected chi connectivity index (χ2v) is 7.52. The lowest BCUT2D eigenvalue weighted by Crippen LogP contribution is -2.22. The Balaban J connectivity index is 1.85. The highest BCUT2D eigenvalue weighted by molar-refractivity contribution is 5.82. The van der Waals surface area contributed by atoms with E-state index in [2.05, 4.69) is 29.1 Å². The lowest BCUT2D eigenvalue weighted by Gasteiger charge is -2.29. The molecule has 2 heterocycles. The van der Waals surface area contributed by atoms with Crippen LogP contribution >= 0.6 is 0 Å². The molecule has 2 aromatic heterocycles. The number of nitrogens with zero attached hydrogens (tertiary/aromatic N) is 1. The highest BCUT2D eigenvalue weighted by Crippen LogP contribution is 2.43. The van der Waals surface area contributed by atoms with E-state index in [9.17, 15) is 4.39 Å². The summed E-state index contributed by atoms with van der Waals surface area (Å²) in [5.74, 6) is -0.309. The molecule has 0 atom stereocenters. The molecule has 0 fully saturated rings. The van der Waals surface area contributed by atoms with E-state index in [1.54, 1.807) is 12.3 Å². The van der Waals surface area contributed by atoms with Gasteiger partial charge in [0.15, 0.2) is 5.82 Å². The molecule has 0 bridgehead atoms. The Kier molecular flexibility index (Phi) is 3.83. The van der Waals surface area contributed by atoms with Crippen molar-refractivity contribution in [1.82, 2.24) is 9.97 Å². The highest BCUT2D eigenvalue weighted by Gasteiger charge is 2.30. The van der Waals surface area contributed by atoms with Gasteiger partial charge < -0.3 is 10.3 Å². The molecule has 0 amide bonds. The summed E-state index contributed by atoms with van der Waals surface area (Å²) in [4.78, 5) is 7.38. The van der Waals surface area contributed by atoms with Gasteiger partial charge in [0.05, 0.1) is 17.6 Å². The monoisotopic (exact) mass is 335 g/mol. The number of aromatic nitrogens is 2. The third-order valence-corrected chi connectivity index (χ3v) is 4.98. The number of hydrogen-bond donors (Lipinski definition) is 2. The van der Waals surface area contributed by atoms with E-state index in [1.807, 2.05) is 30.3 Å². The van der Waals surface area contributed by atoms with E-state index in [4.69, 9.17) is 0 Å². The zero-order valence-corrected chi connectivity index (χ0v) is 14.6. The zero-order valence-electron chi connectivity index (χ0n) is 14.6.